The molecule has 2 aromatic carbocycles. The summed E-state index contributed by atoms with van der Waals surface area (Å²) in [4.78, 5) is 39.6. The monoisotopic (exact) mass is 452 g/mol. The third-order valence-electron chi connectivity index (χ3n) is 4.77. The number of Topliss-reactive ketones (excluding diaryl/α,β-unsaturated/α-hetero) is 1. The minimum absolute atomic E-state index is 0.0349. The Morgan fingerprint density at radius 3 is 2.27 bits per heavy atom. The van der Waals surface area contributed by atoms with Gasteiger partial charge in [0.25, 0.3) is 5.91 Å². The van der Waals surface area contributed by atoms with E-state index in [0.29, 0.717) is 18.0 Å². The maximum absolute atomic E-state index is 14.1. The zero-order valence-electron chi connectivity index (χ0n) is 16.2. The van der Waals surface area contributed by atoms with Gasteiger partial charge in [0.05, 0.1) is 11.3 Å². The number of benzene rings is 2. The molecule has 0 unspecified atom stereocenters. The van der Waals surface area contributed by atoms with Crippen LogP contribution in [0.25, 0.3) is 0 Å². The van der Waals surface area contributed by atoms with Gasteiger partial charge in [-0.05, 0) is 37.3 Å². The van der Waals surface area contributed by atoms with Crippen LogP contribution in [0.15, 0.2) is 41.3 Å². The van der Waals surface area contributed by atoms with Crippen LogP contribution in [-0.2, 0) is 4.79 Å². The van der Waals surface area contributed by atoms with Gasteiger partial charge >= 0.3 is 0 Å². The van der Waals surface area contributed by atoms with E-state index < -0.39 is 17.5 Å². The normalized spacial score (nSPS) is 14.0. The number of hydrogen-bond donors (Lipinski definition) is 0. The Kier molecular flexibility index (Phi) is 7.10. The number of carbonyl (C=O) groups is 3. The molecule has 30 heavy (non-hydrogen) atoms. The summed E-state index contributed by atoms with van der Waals surface area (Å²) in [5.74, 6) is -2.03. The van der Waals surface area contributed by atoms with E-state index in [1.165, 1.54) is 36.1 Å². The highest BCUT2D eigenvalue weighted by molar-refractivity contribution is 8.00. The lowest BCUT2D eigenvalue weighted by molar-refractivity contribution is -0.129. The van der Waals surface area contributed by atoms with Gasteiger partial charge in [-0.15, -0.1) is 11.8 Å². The Hall–Kier alpha value is -2.45. The van der Waals surface area contributed by atoms with Crippen LogP contribution >= 0.6 is 23.4 Å². The van der Waals surface area contributed by atoms with E-state index in [1.54, 1.807) is 4.90 Å². The highest BCUT2D eigenvalue weighted by Crippen LogP contribution is 2.24. The lowest BCUT2D eigenvalue weighted by Gasteiger charge is -2.34. The van der Waals surface area contributed by atoms with Crippen LogP contribution in [0, 0.1) is 11.6 Å². The van der Waals surface area contributed by atoms with Crippen LogP contribution < -0.4 is 0 Å². The highest BCUT2D eigenvalue weighted by Gasteiger charge is 2.26. The molecule has 0 bridgehead atoms. The maximum atomic E-state index is 14.1. The Morgan fingerprint density at radius 1 is 0.967 bits per heavy atom. The first-order valence-electron chi connectivity index (χ1n) is 9.21. The van der Waals surface area contributed by atoms with Crippen LogP contribution in [0.5, 0.6) is 0 Å². The molecule has 2 amide bonds. The van der Waals surface area contributed by atoms with Gasteiger partial charge in [-0.1, -0.05) is 17.7 Å². The zero-order valence-corrected chi connectivity index (χ0v) is 17.7. The quantitative estimate of drug-likeness (QED) is 0.510. The molecular formula is C21H19ClF2N2O3S. The topological polar surface area (TPSA) is 57.7 Å². The molecule has 0 radical (unpaired) electrons. The molecule has 0 N–H and O–H groups in total. The first-order chi connectivity index (χ1) is 14.3. The van der Waals surface area contributed by atoms with Crippen LogP contribution in [0.3, 0.4) is 0 Å². The van der Waals surface area contributed by atoms with Gasteiger partial charge in [0.1, 0.15) is 11.6 Å². The highest BCUT2D eigenvalue weighted by atomic mass is 35.5. The van der Waals surface area contributed by atoms with Gasteiger partial charge in [0.15, 0.2) is 5.78 Å². The average Bonchev–Trinajstić information content (AvgIpc) is 2.73. The van der Waals surface area contributed by atoms with Crippen LogP contribution in [0.2, 0.25) is 5.02 Å². The second-order valence-corrected chi connectivity index (χ2v) is 8.24. The molecule has 0 aromatic heterocycles. The predicted molar refractivity (Wildman–Crippen MR) is 111 cm³/mol. The summed E-state index contributed by atoms with van der Waals surface area (Å²) in [6, 6.07) is 7.98. The van der Waals surface area contributed by atoms with E-state index in [2.05, 4.69) is 0 Å². The van der Waals surface area contributed by atoms with Crippen LogP contribution in [0.4, 0.5) is 8.78 Å². The molecule has 3 rings (SSSR count). The van der Waals surface area contributed by atoms with E-state index >= 15 is 0 Å². The second-order valence-electron chi connectivity index (χ2n) is 6.79. The third-order valence-corrected chi connectivity index (χ3v) is 6.04. The van der Waals surface area contributed by atoms with Crippen molar-refractivity contribution in [3.8, 4) is 0 Å². The number of thioether (sulfide) groups is 1. The Balaban J connectivity index is 1.53. The summed E-state index contributed by atoms with van der Waals surface area (Å²) in [5.41, 5.74) is 0.183. The third kappa shape index (κ3) is 5.17. The second kappa shape index (κ2) is 9.57. The summed E-state index contributed by atoms with van der Waals surface area (Å²) in [6.45, 7) is 2.50. The van der Waals surface area contributed by atoms with Crippen LogP contribution in [-0.4, -0.2) is 59.3 Å². The molecule has 0 aliphatic carbocycles. The van der Waals surface area contributed by atoms with Crippen molar-refractivity contribution < 1.29 is 23.2 Å². The zero-order chi connectivity index (χ0) is 21.8. The summed E-state index contributed by atoms with van der Waals surface area (Å²) in [5, 5.41) is 0.272. The van der Waals surface area contributed by atoms with E-state index in [4.69, 9.17) is 11.6 Å². The Labute approximate surface area is 182 Å². The standard InChI is InChI=1S/C21H19ClF2N2O3S/c1-13(27)14-2-5-19(18(24)10-14)30-12-20(28)25-6-8-26(9-7-25)21(29)16-11-15(22)3-4-17(16)23/h2-5,10-11H,6-9,12H2,1H3. The number of hydrogen-bond acceptors (Lipinski definition) is 4. The first kappa shape index (κ1) is 22.2. The molecule has 0 spiro atoms. The number of amides is 2. The predicted octanol–water partition coefficient (Wildman–Crippen LogP) is 3.90. The summed E-state index contributed by atoms with van der Waals surface area (Å²) in [7, 11) is 0. The Bertz CT molecular complexity index is 994. The smallest absolute Gasteiger partial charge is 0.257 e. The molecule has 0 atom stereocenters. The molecular weight excluding hydrogens is 434 g/mol. The molecule has 1 fully saturated rings. The minimum Gasteiger partial charge on any atom is -0.338 e. The molecule has 0 saturated carbocycles. The van der Waals surface area contributed by atoms with E-state index in [0.717, 1.165) is 23.9 Å². The SMILES string of the molecule is CC(=O)c1ccc(SCC(=O)N2CCN(C(=O)c3cc(Cl)ccc3F)CC2)c(F)c1. The van der Waals surface area contributed by atoms with Crippen molar-refractivity contribution in [3.63, 3.8) is 0 Å². The number of carbonyl (C=O) groups excluding carboxylic acids is 3. The molecule has 1 aliphatic rings. The van der Waals surface area contributed by atoms with Crippen molar-refractivity contribution in [1.82, 2.24) is 9.80 Å². The molecule has 1 heterocycles. The average molecular weight is 453 g/mol. The van der Waals surface area contributed by atoms with Gasteiger partial charge in [0, 0.05) is 41.7 Å². The number of halogens is 3. The van der Waals surface area contributed by atoms with Crippen molar-refractivity contribution >= 4 is 41.0 Å². The van der Waals surface area contributed by atoms with E-state index in [9.17, 15) is 23.2 Å². The van der Waals surface area contributed by atoms with Crippen molar-refractivity contribution in [2.45, 2.75) is 11.8 Å². The number of rotatable bonds is 5. The van der Waals surface area contributed by atoms with Gasteiger partial charge < -0.3 is 9.80 Å². The lowest BCUT2D eigenvalue weighted by atomic mass is 10.1. The number of ketones is 1. The minimum atomic E-state index is -0.642. The lowest BCUT2D eigenvalue weighted by Crippen LogP contribution is -2.51. The molecule has 1 aliphatic heterocycles. The fraction of sp³-hybridized carbons (Fsp3) is 0.286. The molecule has 1 saturated heterocycles. The molecule has 158 valence electrons. The molecule has 5 nitrogen and oxygen atoms in total. The van der Waals surface area contributed by atoms with Crippen molar-refractivity contribution in [2.75, 3.05) is 31.9 Å². The van der Waals surface area contributed by atoms with Gasteiger partial charge in [-0.25, -0.2) is 8.78 Å². The van der Waals surface area contributed by atoms with Crippen molar-refractivity contribution in [3.05, 3.63) is 64.2 Å². The van der Waals surface area contributed by atoms with Crippen molar-refractivity contribution in [1.29, 1.82) is 0 Å². The molecule has 2 aromatic rings. The molecule has 9 heteroatoms. The fourth-order valence-corrected chi connectivity index (χ4v) is 4.05. The summed E-state index contributed by atoms with van der Waals surface area (Å²) < 4.78 is 28.0. The van der Waals surface area contributed by atoms with Crippen molar-refractivity contribution in [2.24, 2.45) is 0 Å². The summed E-state index contributed by atoms with van der Waals surface area (Å²) in [6.07, 6.45) is 0. The largest absolute Gasteiger partial charge is 0.338 e. The van der Waals surface area contributed by atoms with Crippen LogP contribution in [0.1, 0.15) is 27.6 Å². The maximum Gasteiger partial charge on any atom is 0.257 e. The fourth-order valence-electron chi connectivity index (χ4n) is 3.06. The number of nitrogens with zero attached hydrogens (tertiary/aromatic N) is 2. The van der Waals surface area contributed by atoms with Gasteiger partial charge in [-0.2, -0.15) is 0 Å². The first-order valence-corrected chi connectivity index (χ1v) is 10.6. The van der Waals surface area contributed by atoms with E-state index in [1.807, 2.05) is 0 Å². The van der Waals surface area contributed by atoms with Gasteiger partial charge in [0.2, 0.25) is 5.91 Å². The number of piperazine rings is 1. The Morgan fingerprint density at radius 2 is 1.63 bits per heavy atom. The van der Waals surface area contributed by atoms with Gasteiger partial charge in [-0.3, -0.25) is 14.4 Å². The summed E-state index contributed by atoms with van der Waals surface area (Å²) >= 11 is 6.90. The van der Waals surface area contributed by atoms with E-state index in [-0.39, 0.29) is 46.7 Å².